The Bertz CT molecular complexity index is 892. The van der Waals surface area contributed by atoms with Crippen molar-refractivity contribution >= 4 is 34.5 Å². The van der Waals surface area contributed by atoms with Gasteiger partial charge in [0.2, 0.25) is 0 Å². The Morgan fingerprint density at radius 1 is 1.33 bits per heavy atom. The van der Waals surface area contributed by atoms with Crippen LogP contribution in [0.1, 0.15) is 11.1 Å². The summed E-state index contributed by atoms with van der Waals surface area (Å²) < 4.78 is 0. The second-order valence-electron chi connectivity index (χ2n) is 4.34. The molecule has 1 aromatic carbocycles. The van der Waals surface area contributed by atoms with E-state index in [9.17, 15) is 5.11 Å². The fraction of sp³-hybridized carbons (Fsp3) is 0. The fourth-order valence-corrected chi connectivity index (χ4v) is 2.13. The molecule has 6 heteroatoms. The van der Waals surface area contributed by atoms with Crippen molar-refractivity contribution in [3.05, 3.63) is 52.7 Å². The number of aliphatic imine (C=N–C) groups is 1. The van der Waals surface area contributed by atoms with Gasteiger partial charge >= 0.3 is 0 Å². The standard InChI is InChI=1S/C15H9ClN4O/c16-13-5-4-11-12(15(21)20-14(11)19-13)8-18-10-3-1-2-9(6-10)7-17/h1-6,8,21H,(H,19,20). The van der Waals surface area contributed by atoms with Crippen LogP contribution in [0.4, 0.5) is 5.69 Å². The van der Waals surface area contributed by atoms with Gasteiger partial charge in [-0.1, -0.05) is 17.7 Å². The van der Waals surface area contributed by atoms with E-state index in [-0.39, 0.29) is 5.88 Å². The summed E-state index contributed by atoms with van der Waals surface area (Å²) in [7, 11) is 0. The number of hydrogen-bond donors (Lipinski definition) is 2. The van der Waals surface area contributed by atoms with Gasteiger partial charge in [0.1, 0.15) is 10.8 Å². The Morgan fingerprint density at radius 3 is 3.00 bits per heavy atom. The third-order valence-corrected chi connectivity index (χ3v) is 3.17. The summed E-state index contributed by atoms with van der Waals surface area (Å²) in [6, 6.07) is 12.3. The summed E-state index contributed by atoms with van der Waals surface area (Å²) in [4.78, 5) is 11.1. The van der Waals surface area contributed by atoms with E-state index in [1.54, 1.807) is 36.4 Å². The van der Waals surface area contributed by atoms with Crippen LogP contribution in [0.2, 0.25) is 5.15 Å². The molecule has 0 aliphatic rings. The summed E-state index contributed by atoms with van der Waals surface area (Å²) >= 11 is 5.81. The summed E-state index contributed by atoms with van der Waals surface area (Å²) in [6.07, 6.45) is 1.53. The number of aromatic amines is 1. The summed E-state index contributed by atoms with van der Waals surface area (Å²) in [5.41, 5.74) is 2.18. The van der Waals surface area contributed by atoms with Gasteiger partial charge in [-0.2, -0.15) is 5.26 Å². The van der Waals surface area contributed by atoms with Crippen LogP contribution < -0.4 is 0 Å². The zero-order chi connectivity index (χ0) is 14.8. The zero-order valence-electron chi connectivity index (χ0n) is 10.7. The van der Waals surface area contributed by atoms with Crippen LogP contribution in [0.25, 0.3) is 11.0 Å². The molecule has 2 aromatic heterocycles. The highest BCUT2D eigenvalue weighted by Crippen LogP contribution is 2.26. The normalized spacial score (nSPS) is 11.0. The maximum atomic E-state index is 9.92. The van der Waals surface area contributed by atoms with Gasteiger partial charge in [0, 0.05) is 11.6 Å². The Kier molecular flexibility index (Phi) is 3.30. The number of nitrogens with one attached hydrogen (secondary N) is 1. The van der Waals surface area contributed by atoms with Crippen molar-refractivity contribution in [1.29, 1.82) is 5.26 Å². The summed E-state index contributed by atoms with van der Waals surface area (Å²) in [5, 5.41) is 19.8. The van der Waals surface area contributed by atoms with Crippen molar-refractivity contribution in [2.24, 2.45) is 4.99 Å². The number of nitriles is 1. The van der Waals surface area contributed by atoms with E-state index in [1.165, 1.54) is 6.21 Å². The van der Waals surface area contributed by atoms with Crippen molar-refractivity contribution in [3.8, 4) is 11.9 Å². The zero-order valence-corrected chi connectivity index (χ0v) is 11.5. The molecule has 0 atom stereocenters. The first-order valence-electron chi connectivity index (χ1n) is 6.09. The first-order chi connectivity index (χ1) is 10.2. The van der Waals surface area contributed by atoms with E-state index in [1.807, 2.05) is 0 Å². The number of pyridine rings is 1. The van der Waals surface area contributed by atoms with Crippen LogP contribution in [0.3, 0.4) is 0 Å². The lowest BCUT2D eigenvalue weighted by Gasteiger charge is -1.95. The molecule has 21 heavy (non-hydrogen) atoms. The lowest BCUT2D eigenvalue weighted by atomic mass is 10.2. The van der Waals surface area contributed by atoms with E-state index >= 15 is 0 Å². The van der Waals surface area contributed by atoms with Crippen LogP contribution in [0.5, 0.6) is 5.88 Å². The Hall–Kier alpha value is -2.84. The molecule has 0 spiro atoms. The largest absolute Gasteiger partial charge is 0.494 e. The molecule has 3 aromatic rings. The SMILES string of the molecule is N#Cc1cccc(N=Cc2c(O)[nH]c3nc(Cl)ccc23)c1. The highest BCUT2D eigenvalue weighted by Gasteiger charge is 2.10. The molecule has 102 valence electrons. The van der Waals surface area contributed by atoms with Crippen LogP contribution in [0.15, 0.2) is 41.4 Å². The Morgan fingerprint density at radius 2 is 2.19 bits per heavy atom. The van der Waals surface area contributed by atoms with E-state index in [2.05, 4.69) is 21.0 Å². The van der Waals surface area contributed by atoms with Crippen molar-refractivity contribution in [2.45, 2.75) is 0 Å². The number of fused-ring (bicyclic) bond motifs is 1. The predicted octanol–water partition coefficient (Wildman–Crippen LogP) is 3.54. The molecule has 0 amide bonds. The number of nitrogens with zero attached hydrogens (tertiary/aromatic N) is 3. The number of H-pyrrole nitrogens is 1. The van der Waals surface area contributed by atoms with Crippen molar-refractivity contribution in [2.75, 3.05) is 0 Å². The number of benzene rings is 1. The number of hydrogen-bond acceptors (Lipinski definition) is 4. The molecular weight excluding hydrogens is 288 g/mol. The lowest BCUT2D eigenvalue weighted by molar-refractivity contribution is 0.457. The molecule has 0 unspecified atom stereocenters. The highest BCUT2D eigenvalue weighted by atomic mass is 35.5. The van der Waals surface area contributed by atoms with Gasteiger partial charge in [0.15, 0.2) is 5.88 Å². The summed E-state index contributed by atoms with van der Waals surface area (Å²) in [6.45, 7) is 0. The maximum Gasteiger partial charge on any atom is 0.199 e. The molecule has 2 N–H and O–H groups in total. The molecule has 0 radical (unpaired) electrons. The smallest absolute Gasteiger partial charge is 0.199 e. The average molecular weight is 297 g/mol. The molecule has 0 fully saturated rings. The first kappa shape index (κ1) is 13.2. The van der Waals surface area contributed by atoms with Gasteiger partial charge in [-0.05, 0) is 30.3 Å². The highest BCUT2D eigenvalue weighted by molar-refractivity contribution is 6.29. The molecule has 0 aliphatic carbocycles. The number of aromatic nitrogens is 2. The van der Waals surface area contributed by atoms with Gasteiger partial charge < -0.3 is 10.1 Å². The number of rotatable bonds is 2. The van der Waals surface area contributed by atoms with E-state index in [0.717, 1.165) is 5.39 Å². The van der Waals surface area contributed by atoms with Crippen molar-refractivity contribution in [1.82, 2.24) is 9.97 Å². The average Bonchev–Trinajstić information content (AvgIpc) is 2.80. The van der Waals surface area contributed by atoms with E-state index in [0.29, 0.717) is 27.6 Å². The molecule has 5 nitrogen and oxygen atoms in total. The van der Waals surface area contributed by atoms with Crippen molar-refractivity contribution < 1.29 is 5.11 Å². The van der Waals surface area contributed by atoms with E-state index < -0.39 is 0 Å². The molecule has 0 aliphatic heterocycles. The molecule has 0 saturated heterocycles. The number of aromatic hydroxyl groups is 1. The molecule has 2 heterocycles. The van der Waals surface area contributed by atoms with Crippen LogP contribution >= 0.6 is 11.6 Å². The van der Waals surface area contributed by atoms with Gasteiger partial charge in [0.05, 0.1) is 22.9 Å². The molecular formula is C15H9ClN4O. The quantitative estimate of drug-likeness (QED) is 0.560. The topological polar surface area (TPSA) is 85.1 Å². The molecule has 0 saturated carbocycles. The minimum Gasteiger partial charge on any atom is -0.494 e. The molecule has 0 bridgehead atoms. The minimum atomic E-state index is -0.0278. The number of halogens is 1. The monoisotopic (exact) mass is 296 g/mol. The minimum absolute atomic E-state index is 0.0278. The fourth-order valence-electron chi connectivity index (χ4n) is 1.98. The Balaban J connectivity index is 2.03. The van der Waals surface area contributed by atoms with Gasteiger partial charge in [-0.3, -0.25) is 4.99 Å². The van der Waals surface area contributed by atoms with Gasteiger partial charge in [-0.15, -0.1) is 0 Å². The van der Waals surface area contributed by atoms with E-state index in [4.69, 9.17) is 16.9 Å². The first-order valence-corrected chi connectivity index (χ1v) is 6.46. The van der Waals surface area contributed by atoms with Crippen LogP contribution in [-0.2, 0) is 0 Å². The third-order valence-electron chi connectivity index (χ3n) is 2.96. The van der Waals surface area contributed by atoms with Gasteiger partial charge in [-0.25, -0.2) is 4.98 Å². The van der Waals surface area contributed by atoms with Crippen LogP contribution in [-0.4, -0.2) is 21.3 Å². The van der Waals surface area contributed by atoms with Crippen molar-refractivity contribution in [3.63, 3.8) is 0 Å². The second kappa shape index (κ2) is 5.27. The predicted molar refractivity (Wildman–Crippen MR) is 81.2 cm³/mol. The Labute approximate surface area is 125 Å². The van der Waals surface area contributed by atoms with Gasteiger partial charge in [0.25, 0.3) is 0 Å². The molecule has 3 rings (SSSR count). The lowest BCUT2D eigenvalue weighted by Crippen LogP contribution is -1.81. The summed E-state index contributed by atoms with van der Waals surface area (Å²) in [5.74, 6) is -0.0278. The third kappa shape index (κ3) is 2.57. The maximum absolute atomic E-state index is 9.92. The van der Waals surface area contributed by atoms with Crippen LogP contribution in [0, 0.1) is 11.3 Å². The second-order valence-corrected chi connectivity index (χ2v) is 4.73.